The summed E-state index contributed by atoms with van der Waals surface area (Å²) in [6, 6.07) is 17.2. The number of fused-ring (bicyclic) bond motifs is 1. The van der Waals surface area contributed by atoms with Gasteiger partial charge in [-0.2, -0.15) is 0 Å². The van der Waals surface area contributed by atoms with Crippen molar-refractivity contribution in [3.05, 3.63) is 71.4 Å². The predicted molar refractivity (Wildman–Crippen MR) is 147 cm³/mol. The molecule has 0 aliphatic carbocycles. The number of nitrogens with one attached hydrogen (secondary N) is 3. The van der Waals surface area contributed by atoms with Crippen molar-refractivity contribution in [1.29, 1.82) is 0 Å². The van der Waals surface area contributed by atoms with Gasteiger partial charge in [0, 0.05) is 34.2 Å². The molecule has 1 aliphatic rings. The maximum atomic E-state index is 13.4. The minimum absolute atomic E-state index is 0.0954. The maximum absolute atomic E-state index is 13.4. The van der Waals surface area contributed by atoms with E-state index in [2.05, 4.69) is 29.5 Å². The predicted octanol–water partition coefficient (Wildman–Crippen LogP) is 4.53. The van der Waals surface area contributed by atoms with Gasteiger partial charge in [-0.1, -0.05) is 32.0 Å². The zero-order chi connectivity index (χ0) is 27.1. The molecule has 1 aliphatic heterocycles. The van der Waals surface area contributed by atoms with Gasteiger partial charge in [0.2, 0.25) is 5.91 Å². The van der Waals surface area contributed by atoms with Crippen LogP contribution in [0.5, 0.6) is 5.75 Å². The normalized spacial score (nSPS) is 15.7. The van der Waals surface area contributed by atoms with Gasteiger partial charge in [-0.3, -0.25) is 19.8 Å². The highest BCUT2D eigenvalue weighted by molar-refractivity contribution is 5.95. The molecule has 38 heavy (non-hydrogen) atoms. The second kappa shape index (κ2) is 12.4. The van der Waals surface area contributed by atoms with Gasteiger partial charge < -0.3 is 15.4 Å². The summed E-state index contributed by atoms with van der Waals surface area (Å²) < 4.78 is 6.06. The number of ether oxygens (including phenoxy) is 1. The lowest BCUT2D eigenvalue weighted by Crippen LogP contribution is -2.59. The van der Waals surface area contributed by atoms with Crippen LogP contribution in [0.3, 0.4) is 0 Å². The Hall–Kier alpha value is -3.49. The number of carbonyl (C=O) groups is 2. The Kier molecular flexibility index (Phi) is 8.97. The molecule has 1 atom stereocenters. The monoisotopic (exact) mass is 518 g/mol. The number of aryl methyl sites for hydroxylation is 1. The van der Waals surface area contributed by atoms with E-state index in [4.69, 9.17) is 9.94 Å². The number of benzene rings is 2. The average Bonchev–Trinajstić information content (AvgIpc) is 2.91. The van der Waals surface area contributed by atoms with Crippen molar-refractivity contribution in [2.75, 3.05) is 13.1 Å². The summed E-state index contributed by atoms with van der Waals surface area (Å²) in [5, 5.41) is 16.9. The van der Waals surface area contributed by atoms with Crippen LogP contribution in [0.15, 0.2) is 54.6 Å². The first-order chi connectivity index (χ1) is 18.3. The number of nitrogens with zero attached hydrogens (tertiary/aromatic N) is 1. The van der Waals surface area contributed by atoms with Crippen LogP contribution in [0.2, 0.25) is 0 Å². The maximum Gasteiger partial charge on any atom is 0.251 e. The molecule has 0 bridgehead atoms. The Morgan fingerprint density at radius 1 is 1.11 bits per heavy atom. The van der Waals surface area contributed by atoms with Crippen LogP contribution in [0, 0.1) is 18.8 Å². The van der Waals surface area contributed by atoms with Gasteiger partial charge in [-0.05, 0) is 87.5 Å². The van der Waals surface area contributed by atoms with Crippen molar-refractivity contribution in [2.45, 2.75) is 58.6 Å². The highest BCUT2D eigenvalue weighted by Crippen LogP contribution is 2.35. The fourth-order valence-corrected chi connectivity index (χ4v) is 5.53. The number of amides is 2. The van der Waals surface area contributed by atoms with E-state index in [1.807, 2.05) is 49.4 Å². The van der Waals surface area contributed by atoms with Crippen molar-refractivity contribution in [3.8, 4) is 5.75 Å². The second-order valence-corrected chi connectivity index (χ2v) is 10.7. The number of hydrogen-bond donors (Lipinski definition) is 4. The Labute approximate surface area is 224 Å². The highest BCUT2D eigenvalue weighted by Gasteiger charge is 2.42. The van der Waals surface area contributed by atoms with E-state index < -0.39 is 11.4 Å². The van der Waals surface area contributed by atoms with Gasteiger partial charge in [-0.15, -0.1) is 0 Å². The van der Waals surface area contributed by atoms with Crippen molar-refractivity contribution in [1.82, 2.24) is 21.1 Å². The molecular weight excluding hydrogens is 480 g/mol. The number of hydrogen-bond acceptors (Lipinski definition) is 6. The van der Waals surface area contributed by atoms with E-state index in [1.165, 1.54) is 0 Å². The van der Waals surface area contributed by atoms with Crippen molar-refractivity contribution < 1.29 is 19.5 Å². The van der Waals surface area contributed by atoms with Crippen LogP contribution >= 0.6 is 0 Å². The first-order valence-electron chi connectivity index (χ1n) is 13.3. The second-order valence-electron chi connectivity index (χ2n) is 10.7. The Morgan fingerprint density at radius 2 is 1.82 bits per heavy atom. The number of hydroxylamine groups is 1. The van der Waals surface area contributed by atoms with E-state index in [1.54, 1.807) is 17.6 Å². The average molecular weight is 519 g/mol. The van der Waals surface area contributed by atoms with Gasteiger partial charge in [-0.25, -0.2) is 5.48 Å². The molecule has 2 heterocycles. The lowest BCUT2D eigenvalue weighted by Gasteiger charge is -2.45. The summed E-state index contributed by atoms with van der Waals surface area (Å²) in [5.41, 5.74) is 4.71. The van der Waals surface area contributed by atoms with Crippen LogP contribution < -0.4 is 20.9 Å². The largest absolute Gasteiger partial charge is 0.489 e. The lowest BCUT2D eigenvalue weighted by molar-refractivity contribution is -0.131. The summed E-state index contributed by atoms with van der Waals surface area (Å²) in [6.07, 6.45) is 2.36. The third kappa shape index (κ3) is 6.68. The van der Waals surface area contributed by atoms with Gasteiger partial charge in [0.1, 0.15) is 12.4 Å². The number of aromatic nitrogens is 1. The Morgan fingerprint density at radius 3 is 2.50 bits per heavy atom. The fourth-order valence-electron chi connectivity index (χ4n) is 5.53. The van der Waals surface area contributed by atoms with Crippen LogP contribution in [-0.4, -0.2) is 40.6 Å². The van der Waals surface area contributed by atoms with Crippen LogP contribution in [0.4, 0.5) is 0 Å². The number of carbonyl (C=O) groups excluding carboxylic acids is 2. The van der Waals surface area contributed by atoms with E-state index in [0.29, 0.717) is 23.8 Å². The fraction of sp³-hybridized carbons (Fsp3) is 0.433. The zero-order valence-electron chi connectivity index (χ0n) is 22.4. The summed E-state index contributed by atoms with van der Waals surface area (Å²) in [4.78, 5) is 30.1. The van der Waals surface area contributed by atoms with Gasteiger partial charge >= 0.3 is 0 Å². The molecule has 4 N–H and O–H groups in total. The minimum Gasteiger partial charge on any atom is -0.489 e. The third-order valence-electron chi connectivity index (χ3n) is 7.39. The summed E-state index contributed by atoms with van der Waals surface area (Å²) in [7, 11) is 0. The molecule has 4 rings (SSSR count). The van der Waals surface area contributed by atoms with Crippen LogP contribution in [-0.2, 0) is 11.4 Å². The number of para-hydroxylation sites is 1. The van der Waals surface area contributed by atoms with Gasteiger partial charge in [0.25, 0.3) is 5.91 Å². The Bertz CT molecular complexity index is 1250. The molecule has 1 saturated heterocycles. The molecule has 3 aromatic rings. The number of pyridine rings is 1. The molecular formula is C30H38N4O4. The summed E-state index contributed by atoms with van der Waals surface area (Å²) in [6.45, 7) is 8.09. The van der Waals surface area contributed by atoms with Gasteiger partial charge in [0.15, 0.2) is 0 Å². The zero-order valence-corrected chi connectivity index (χ0v) is 22.4. The van der Waals surface area contributed by atoms with E-state index >= 15 is 0 Å². The molecule has 1 unspecified atom stereocenters. The molecule has 2 aromatic carbocycles. The van der Waals surface area contributed by atoms with Gasteiger partial charge in [0.05, 0.1) is 5.52 Å². The summed E-state index contributed by atoms with van der Waals surface area (Å²) >= 11 is 0. The van der Waals surface area contributed by atoms with Crippen molar-refractivity contribution in [2.24, 2.45) is 11.8 Å². The topological polar surface area (TPSA) is 113 Å². The van der Waals surface area contributed by atoms with Crippen LogP contribution in [0.1, 0.15) is 61.1 Å². The van der Waals surface area contributed by atoms with Crippen molar-refractivity contribution >= 4 is 22.7 Å². The summed E-state index contributed by atoms with van der Waals surface area (Å²) in [5.74, 6) is 0.317. The smallest absolute Gasteiger partial charge is 0.251 e. The number of piperidine rings is 1. The van der Waals surface area contributed by atoms with E-state index in [-0.39, 0.29) is 18.2 Å². The molecule has 0 radical (unpaired) electrons. The van der Waals surface area contributed by atoms with Crippen molar-refractivity contribution in [3.63, 3.8) is 0 Å². The molecule has 1 aromatic heterocycles. The minimum atomic E-state index is -0.533. The molecule has 8 nitrogen and oxygen atoms in total. The molecule has 0 saturated carbocycles. The quantitative estimate of drug-likeness (QED) is 0.232. The third-order valence-corrected chi connectivity index (χ3v) is 7.39. The Balaban J connectivity index is 1.47. The molecule has 202 valence electrons. The lowest BCUT2D eigenvalue weighted by atomic mass is 9.71. The standard InChI is InChI=1S/C30H38N4O4/c1-20(2)16-24(18-28(35)34-37)30(12-14-31-15-13-30)33-29(36)22-8-10-25(11-9-22)38-19-23-17-21(3)32-27-7-5-4-6-26(23)27/h4-11,17,20,24,31,37H,12-16,18-19H2,1-3H3,(H,33,36)(H,34,35). The molecule has 8 heteroatoms. The number of rotatable bonds is 10. The first-order valence-corrected chi connectivity index (χ1v) is 13.3. The first kappa shape index (κ1) is 27.5. The van der Waals surface area contributed by atoms with Crippen LogP contribution in [0.25, 0.3) is 10.9 Å². The molecule has 0 spiro atoms. The van der Waals surface area contributed by atoms with E-state index in [9.17, 15) is 9.59 Å². The SMILES string of the molecule is Cc1cc(COc2ccc(C(=O)NC3(C(CC(=O)NO)CC(C)C)CCNCC3)cc2)c2ccccc2n1. The molecule has 1 fully saturated rings. The highest BCUT2D eigenvalue weighted by atomic mass is 16.5. The molecule has 2 amide bonds. The van der Waals surface area contributed by atoms with E-state index in [0.717, 1.165) is 54.5 Å².